The van der Waals surface area contributed by atoms with Gasteiger partial charge in [0.1, 0.15) is 6.07 Å². The van der Waals surface area contributed by atoms with Crippen LogP contribution in [-0.4, -0.2) is 42.6 Å². The van der Waals surface area contributed by atoms with Gasteiger partial charge in [-0.15, -0.1) is 0 Å². The second-order valence-corrected chi connectivity index (χ2v) is 3.93. The summed E-state index contributed by atoms with van der Waals surface area (Å²) in [6.45, 7) is 7.38. The average Bonchev–Trinajstić information content (AvgIpc) is 2.39. The molecular formula is C12H16N4. The van der Waals surface area contributed by atoms with E-state index in [0.717, 1.165) is 44.0 Å². The van der Waals surface area contributed by atoms with Crippen LogP contribution in [0.25, 0.3) is 0 Å². The Kier molecular flexibility index (Phi) is 3.37. The van der Waals surface area contributed by atoms with Crippen LogP contribution in [0, 0.1) is 11.3 Å². The van der Waals surface area contributed by atoms with Crippen LogP contribution in [0.5, 0.6) is 0 Å². The van der Waals surface area contributed by atoms with Crippen molar-refractivity contribution in [1.29, 1.82) is 5.26 Å². The molecule has 4 nitrogen and oxygen atoms in total. The number of hydrogen-bond acceptors (Lipinski definition) is 4. The normalized spacial score (nSPS) is 17.1. The number of nitrogens with zero attached hydrogens (tertiary/aromatic N) is 4. The average molecular weight is 216 g/mol. The number of nitriles is 1. The van der Waals surface area contributed by atoms with Crippen LogP contribution >= 0.6 is 0 Å². The van der Waals surface area contributed by atoms with E-state index in [4.69, 9.17) is 5.26 Å². The Morgan fingerprint density at radius 3 is 2.75 bits per heavy atom. The standard InChI is InChI=1S/C12H16N4/c1-2-15-5-7-16(8-6-15)12-10-14-4-3-11(12)9-13/h3-4,10H,2,5-8H2,1H3. The van der Waals surface area contributed by atoms with E-state index in [1.807, 2.05) is 0 Å². The van der Waals surface area contributed by atoms with Gasteiger partial charge in [0, 0.05) is 32.4 Å². The summed E-state index contributed by atoms with van der Waals surface area (Å²) >= 11 is 0. The molecule has 0 aliphatic carbocycles. The van der Waals surface area contributed by atoms with Crippen molar-refractivity contribution in [2.24, 2.45) is 0 Å². The highest BCUT2D eigenvalue weighted by Gasteiger charge is 2.17. The van der Waals surface area contributed by atoms with Crippen molar-refractivity contribution in [2.75, 3.05) is 37.6 Å². The zero-order chi connectivity index (χ0) is 11.4. The molecule has 84 valence electrons. The lowest BCUT2D eigenvalue weighted by Gasteiger charge is -2.35. The van der Waals surface area contributed by atoms with Gasteiger partial charge in [-0.3, -0.25) is 4.98 Å². The largest absolute Gasteiger partial charge is 0.367 e. The smallest absolute Gasteiger partial charge is 0.101 e. The number of aromatic nitrogens is 1. The minimum Gasteiger partial charge on any atom is -0.367 e. The topological polar surface area (TPSA) is 43.2 Å². The monoisotopic (exact) mass is 216 g/mol. The molecule has 0 unspecified atom stereocenters. The summed E-state index contributed by atoms with van der Waals surface area (Å²) < 4.78 is 0. The molecule has 0 atom stereocenters. The zero-order valence-electron chi connectivity index (χ0n) is 9.56. The molecular weight excluding hydrogens is 200 g/mol. The summed E-state index contributed by atoms with van der Waals surface area (Å²) in [4.78, 5) is 8.76. The van der Waals surface area contributed by atoms with Crippen molar-refractivity contribution < 1.29 is 0 Å². The number of pyridine rings is 1. The van der Waals surface area contributed by atoms with Crippen molar-refractivity contribution in [1.82, 2.24) is 9.88 Å². The fraction of sp³-hybridized carbons (Fsp3) is 0.500. The Bertz CT molecular complexity index is 388. The fourth-order valence-electron chi connectivity index (χ4n) is 2.04. The van der Waals surface area contributed by atoms with Gasteiger partial charge in [0.15, 0.2) is 0 Å². The predicted octanol–water partition coefficient (Wildman–Crippen LogP) is 1.10. The molecule has 4 heteroatoms. The Hall–Kier alpha value is -1.60. The van der Waals surface area contributed by atoms with Gasteiger partial charge in [-0.2, -0.15) is 5.26 Å². The lowest BCUT2D eigenvalue weighted by molar-refractivity contribution is 0.271. The van der Waals surface area contributed by atoms with Gasteiger partial charge in [0.2, 0.25) is 0 Å². The SMILES string of the molecule is CCN1CCN(c2cnccc2C#N)CC1. The number of likely N-dealkylation sites (N-methyl/N-ethyl adjacent to an activating group) is 1. The molecule has 0 bridgehead atoms. The first kappa shape index (κ1) is 10.9. The molecule has 0 amide bonds. The molecule has 0 spiro atoms. The second kappa shape index (κ2) is 4.95. The van der Waals surface area contributed by atoms with Crippen LogP contribution in [0.15, 0.2) is 18.5 Å². The Morgan fingerprint density at radius 1 is 1.38 bits per heavy atom. The van der Waals surface area contributed by atoms with Gasteiger partial charge >= 0.3 is 0 Å². The van der Waals surface area contributed by atoms with E-state index >= 15 is 0 Å². The maximum absolute atomic E-state index is 9.03. The summed E-state index contributed by atoms with van der Waals surface area (Å²) in [6.07, 6.45) is 3.46. The van der Waals surface area contributed by atoms with Crippen molar-refractivity contribution in [3.05, 3.63) is 24.0 Å². The van der Waals surface area contributed by atoms with E-state index in [1.165, 1.54) is 0 Å². The Balaban J connectivity index is 2.11. The summed E-state index contributed by atoms with van der Waals surface area (Å²) in [7, 11) is 0. The molecule has 0 saturated carbocycles. The van der Waals surface area contributed by atoms with Gasteiger partial charge in [0.25, 0.3) is 0 Å². The van der Waals surface area contributed by atoms with Crippen molar-refractivity contribution >= 4 is 5.69 Å². The number of anilines is 1. The first-order valence-corrected chi connectivity index (χ1v) is 5.66. The number of rotatable bonds is 2. The van der Waals surface area contributed by atoms with Gasteiger partial charge in [0.05, 0.1) is 17.4 Å². The molecule has 2 heterocycles. The lowest BCUT2D eigenvalue weighted by atomic mass is 10.2. The van der Waals surface area contributed by atoms with Gasteiger partial charge in [-0.1, -0.05) is 6.92 Å². The maximum atomic E-state index is 9.03. The molecule has 1 aliphatic heterocycles. The van der Waals surface area contributed by atoms with E-state index < -0.39 is 0 Å². The molecule has 0 radical (unpaired) electrons. The van der Waals surface area contributed by atoms with Crippen molar-refractivity contribution in [2.45, 2.75) is 6.92 Å². The van der Waals surface area contributed by atoms with Gasteiger partial charge < -0.3 is 9.80 Å². The zero-order valence-corrected chi connectivity index (χ0v) is 9.56. The third-order valence-corrected chi connectivity index (χ3v) is 3.08. The summed E-state index contributed by atoms with van der Waals surface area (Å²) in [5.41, 5.74) is 1.70. The minimum absolute atomic E-state index is 0.722. The molecule has 1 aliphatic rings. The molecule has 0 aromatic carbocycles. The first-order chi connectivity index (χ1) is 7.85. The van der Waals surface area contributed by atoms with E-state index in [1.54, 1.807) is 18.5 Å². The molecule has 1 saturated heterocycles. The highest BCUT2D eigenvalue weighted by Crippen LogP contribution is 2.19. The Morgan fingerprint density at radius 2 is 2.12 bits per heavy atom. The van der Waals surface area contributed by atoms with Crippen LogP contribution in [0.1, 0.15) is 12.5 Å². The second-order valence-electron chi connectivity index (χ2n) is 3.93. The third kappa shape index (κ3) is 2.15. The van der Waals surface area contributed by atoms with Crippen molar-refractivity contribution in [3.8, 4) is 6.07 Å². The molecule has 1 fully saturated rings. The fourth-order valence-corrected chi connectivity index (χ4v) is 2.04. The highest BCUT2D eigenvalue weighted by molar-refractivity contribution is 5.57. The van der Waals surface area contributed by atoms with Gasteiger partial charge in [-0.05, 0) is 12.6 Å². The first-order valence-electron chi connectivity index (χ1n) is 5.66. The van der Waals surface area contributed by atoms with E-state index in [2.05, 4.69) is 27.8 Å². The quantitative estimate of drug-likeness (QED) is 0.742. The predicted molar refractivity (Wildman–Crippen MR) is 63.3 cm³/mol. The lowest BCUT2D eigenvalue weighted by Crippen LogP contribution is -2.46. The van der Waals surface area contributed by atoms with Crippen LogP contribution in [-0.2, 0) is 0 Å². The van der Waals surface area contributed by atoms with Crippen LogP contribution in [0.4, 0.5) is 5.69 Å². The van der Waals surface area contributed by atoms with E-state index in [9.17, 15) is 0 Å². The van der Waals surface area contributed by atoms with Gasteiger partial charge in [-0.25, -0.2) is 0 Å². The van der Waals surface area contributed by atoms with Crippen LogP contribution in [0.3, 0.4) is 0 Å². The third-order valence-electron chi connectivity index (χ3n) is 3.08. The minimum atomic E-state index is 0.722. The maximum Gasteiger partial charge on any atom is 0.101 e. The van der Waals surface area contributed by atoms with E-state index in [-0.39, 0.29) is 0 Å². The summed E-state index contributed by atoms with van der Waals surface area (Å²) in [6, 6.07) is 4.00. The summed E-state index contributed by atoms with van der Waals surface area (Å²) in [5, 5.41) is 9.03. The van der Waals surface area contributed by atoms with Crippen LogP contribution < -0.4 is 4.90 Å². The Labute approximate surface area is 96.1 Å². The van der Waals surface area contributed by atoms with E-state index in [0.29, 0.717) is 0 Å². The highest BCUT2D eigenvalue weighted by atomic mass is 15.3. The van der Waals surface area contributed by atoms with Crippen LogP contribution in [0.2, 0.25) is 0 Å². The molecule has 16 heavy (non-hydrogen) atoms. The molecule has 2 rings (SSSR count). The molecule has 1 aromatic rings. The molecule has 0 N–H and O–H groups in total. The number of hydrogen-bond donors (Lipinski definition) is 0. The number of piperazine rings is 1. The molecule has 1 aromatic heterocycles. The van der Waals surface area contributed by atoms with Crippen molar-refractivity contribution in [3.63, 3.8) is 0 Å². The summed E-state index contributed by atoms with van der Waals surface area (Å²) in [5.74, 6) is 0.